The Bertz CT molecular complexity index is 380. The van der Waals surface area contributed by atoms with Crippen molar-refractivity contribution in [3.05, 3.63) is 29.8 Å². The second-order valence-electron chi connectivity index (χ2n) is 3.74. The largest absolute Gasteiger partial charge is 0.381 e. The van der Waals surface area contributed by atoms with Gasteiger partial charge in [0.2, 0.25) is 0 Å². The van der Waals surface area contributed by atoms with E-state index in [4.69, 9.17) is 10.00 Å². The molecule has 1 aromatic rings. The fourth-order valence-corrected chi connectivity index (χ4v) is 1.71. The summed E-state index contributed by atoms with van der Waals surface area (Å²) in [6.45, 7) is 3.27. The Morgan fingerprint density at radius 3 is 3.12 bits per heavy atom. The van der Waals surface area contributed by atoms with Gasteiger partial charge in [0, 0.05) is 19.6 Å². The smallest absolute Gasteiger partial charge is 0.101 e. The maximum Gasteiger partial charge on any atom is 0.101 e. The van der Waals surface area contributed by atoms with Gasteiger partial charge < -0.3 is 15.4 Å². The monoisotopic (exact) mass is 217 g/mol. The fraction of sp³-hybridized carbons (Fsp3) is 0.417. The number of benzene rings is 1. The summed E-state index contributed by atoms with van der Waals surface area (Å²) in [6, 6.07) is 9.67. The fourth-order valence-electron chi connectivity index (χ4n) is 1.71. The van der Waals surface area contributed by atoms with E-state index in [0.29, 0.717) is 5.56 Å². The zero-order valence-corrected chi connectivity index (χ0v) is 9.07. The van der Waals surface area contributed by atoms with Crippen molar-refractivity contribution in [1.82, 2.24) is 5.32 Å². The van der Waals surface area contributed by atoms with Gasteiger partial charge in [-0.3, -0.25) is 0 Å². The number of hydrogen-bond donors (Lipinski definition) is 2. The summed E-state index contributed by atoms with van der Waals surface area (Å²) in [5.74, 6) is 0. The van der Waals surface area contributed by atoms with Crippen molar-refractivity contribution < 1.29 is 4.74 Å². The predicted octanol–water partition coefficient (Wildman–Crippen LogP) is 0.959. The first-order valence-electron chi connectivity index (χ1n) is 5.45. The van der Waals surface area contributed by atoms with E-state index in [2.05, 4.69) is 16.7 Å². The van der Waals surface area contributed by atoms with Gasteiger partial charge in [0.05, 0.1) is 24.0 Å². The number of hydrogen-bond acceptors (Lipinski definition) is 4. The van der Waals surface area contributed by atoms with Crippen LogP contribution in [0.5, 0.6) is 0 Å². The summed E-state index contributed by atoms with van der Waals surface area (Å²) in [6.07, 6.45) is 0.181. The van der Waals surface area contributed by atoms with Gasteiger partial charge >= 0.3 is 0 Å². The Hall–Kier alpha value is -1.57. The van der Waals surface area contributed by atoms with E-state index in [0.717, 1.165) is 31.9 Å². The Morgan fingerprint density at radius 2 is 2.38 bits per heavy atom. The number of nitrogens with one attached hydrogen (secondary N) is 2. The molecule has 2 N–H and O–H groups in total. The van der Waals surface area contributed by atoms with Crippen LogP contribution in [0, 0.1) is 11.3 Å². The molecular formula is C12H15N3O. The van der Waals surface area contributed by atoms with Crippen LogP contribution in [-0.4, -0.2) is 32.3 Å². The third kappa shape index (κ3) is 2.72. The molecule has 2 rings (SSSR count). The van der Waals surface area contributed by atoms with Gasteiger partial charge in [0.15, 0.2) is 0 Å². The molecule has 1 heterocycles. The molecule has 1 saturated heterocycles. The molecule has 1 aliphatic heterocycles. The second kappa shape index (κ2) is 5.50. The van der Waals surface area contributed by atoms with E-state index < -0.39 is 0 Å². The van der Waals surface area contributed by atoms with Gasteiger partial charge in [-0.15, -0.1) is 0 Å². The van der Waals surface area contributed by atoms with E-state index in [9.17, 15) is 0 Å². The lowest BCUT2D eigenvalue weighted by Gasteiger charge is -2.24. The molecule has 1 fully saturated rings. The van der Waals surface area contributed by atoms with E-state index in [1.165, 1.54) is 0 Å². The molecule has 0 aliphatic carbocycles. The van der Waals surface area contributed by atoms with Crippen LogP contribution in [0.15, 0.2) is 24.3 Å². The number of nitriles is 1. The Morgan fingerprint density at radius 1 is 1.50 bits per heavy atom. The van der Waals surface area contributed by atoms with Crippen LogP contribution < -0.4 is 10.6 Å². The summed E-state index contributed by atoms with van der Waals surface area (Å²) in [5, 5.41) is 15.4. The van der Waals surface area contributed by atoms with Crippen molar-refractivity contribution in [1.29, 1.82) is 5.26 Å². The van der Waals surface area contributed by atoms with Crippen molar-refractivity contribution in [2.24, 2.45) is 0 Å². The number of morpholine rings is 1. The minimum Gasteiger partial charge on any atom is -0.381 e. The first-order valence-corrected chi connectivity index (χ1v) is 5.45. The second-order valence-corrected chi connectivity index (χ2v) is 3.74. The van der Waals surface area contributed by atoms with Crippen molar-refractivity contribution in [2.45, 2.75) is 6.10 Å². The maximum atomic E-state index is 8.92. The van der Waals surface area contributed by atoms with Crippen molar-refractivity contribution in [3.63, 3.8) is 0 Å². The molecule has 0 spiro atoms. The molecule has 0 amide bonds. The molecule has 1 aliphatic rings. The summed E-state index contributed by atoms with van der Waals surface area (Å²) in [7, 11) is 0. The molecule has 0 aromatic heterocycles. The lowest BCUT2D eigenvalue weighted by Crippen LogP contribution is -2.42. The summed E-state index contributed by atoms with van der Waals surface area (Å²) in [5.41, 5.74) is 1.55. The van der Waals surface area contributed by atoms with Gasteiger partial charge in [-0.2, -0.15) is 5.26 Å². The Kier molecular flexibility index (Phi) is 3.76. The number of rotatable bonds is 3. The highest BCUT2D eigenvalue weighted by atomic mass is 16.5. The molecule has 16 heavy (non-hydrogen) atoms. The van der Waals surface area contributed by atoms with Gasteiger partial charge in [-0.25, -0.2) is 0 Å². The van der Waals surface area contributed by atoms with Crippen LogP contribution in [0.25, 0.3) is 0 Å². The highest BCUT2D eigenvalue weighted by molar-refractivity contribution is 5.57. The molecule has 1 aromatic carbocycles. The third-order valence-electron chi connectivity index (χ3n) is 2.57. The predicted molar refractivity (Wildman–Crippen MR) is 62.3 cm³/mol. The van der Waals surface area contributed by atoms with Crippen LogP contribution in [0.3, 0.4) is 0 Å². The molecule has 84 valence electrons. The average Bonchev–Trinajstić information content (AvgIpc) is 2.38. The molecule has 1 unspecified atom stereocenters. The van der Waals surface area contributed by atoms with Gasteiger partial charge in [-0.1, -0.05) is 12.1 Å². The summed E-state index contributed by atoms with van der Waals surface area (Å²) >= 11 is 0. The van der Waals surface area contributed by atoms with Gasteiger partial charge in [0.25, 0.3) is 0 Å². The van der Waals surface area contributed by atoms with Crippen LogP contribution in [0.4, 0.5) is 5.69 Å². The van der Waals surface area contributed by atoms with Crippen molar-refractivity contribution in [3.8, 4) is 6.07 Å². The van der Waals surface area contributed by atoms with E-state index >= 15 is 0 Å². The van der Waals surface area contributed by atoms with E-state index in [-0.39, 0.29) is 6.10 Å². The average molecular weight is 217 g/mol. The number of ether oxygens (including phenoxy) is 1. The lowest BCUT2D eigenvalue weighted by atomic mass is 10.2. The van der Waals surface area contributed by atoms with E-state index in [1.807, 2.05) is 24.3 Å². The molecule has 4 nitrogen and oxygen atoms in total. The van der Waals surface area contributed by atoms with E-state index in [1.54, 1.807) is 0 Å². The van der Waals surface area contributed by atoms with Crippen LogP contribution >= 0.6 is 0 Å². The topological polar surface area (TPSA) is 57.1 Å². The minimum atomic E-state index is 0.181. The highest BCUT2D eigenvalue weighted by Crippen LogP contribution is 2.13. The molecule has 0 saturated carbocycles. The normalized spacial score (nSPS) is 20.1. The van der Waals surface area contributed by atoms with Crippen LogP contribution in [-0.2, 0) is 4.74 Å². The quantitative estimate of drug-likeness (QED) is 0.791. The number of anilines is 1. The van der Waals surface area contributed by atoms with Crippen LogP contribution in [0.1, 0.15) is 5.56 Å². The Balaban J connectivity index is 1.91. The molecular weight excluding hydrogens is 202 g/mol. The summed E-state index contributed by atoms with van der Waals surface area (Å²) < 4.78 is 5.57. The maximum absolute atomic E-state index is 8.92. The number of para-hydroxylation sites is 1. The first kappa shape index (κ1) is 10.9. The molecule has 0 bridgehead atoms. The third-order valence-corrected chi connectivity index (χ3v) is 2.57. The van der Waals surface area contributed by atoms with Crippen LogP contribution in [0.2, 0.25) is 0 Å². The van der Waals surface area contributed by atoms with Crippen molar-refractivity contribution in [2.75, 3.05) is 31.6 Å². The van der Waals surface area contributed by atoms with Gasteiger partial charge in [-0.05, 0) is 12.1 Å². The number of nitrogens with zero attached hydrogens (tertiary/aromatic N) is 1. The molecule has 0 radical (unpaired) electrons. The Labute approximate surface area is 95.2 Å². The lowest BCUT2D eigenvalue weighted by molar-refractivity contribution is 0.0372. The summed E-state index contributed by atoms with van der Waals surface area (Å²) in [4.78, 5) is 0. The standard InChI is InChI=1S/C12H15N3O/c13-7-10-3-1-2-4-12(10)15-9-11-8-14-5-6-16-11/h1-4,11,14-15H,5-6,8-9H2. The van der Waals surface area contributed by atoms with Crippen molar-refractivity contribution >= 4 is 5.69 Å². The minimum absolute atomic E-state index is 0.181. The SMILES string of the molecule is N#Cc1ccccc1NCC1CNCCO1. The highest BCUT2D eigenvalue weighted by Gasteiger charge is 2.13. The molecule has 1 atom stereocenters. The zero-order valence-electron chi connectivity index (χ0n) is 9.07. The molecule has 4 heteroatoms. The zero-order chi connectivity index (χ0) is 11.2. The first-order chi connectivity index (χ1) is 7.90. The van der Waals surface area contributed by atoms with Gasteiger partial charge in [0.1, 0.15) is 6.07 Å².